The molecular formula is C35H27ClCuN10Na5O14S4-. The molecule has 0 saturated heterocycles. The van der Waals surface area contributed by atoms with Crippen molar-refractivity contribution >= 4 is 115 Å². The number of hydrogen-bond acceptors (Lipinski definition) is 23. The summed E-state index contributed by atoms with van der Waals surface area (Å²) in [7, 11) is -18.7. The van der Waals surface area contributed by atoms with Gasteiger partial charge < -0.3 is 46.7 Å². The van der Waals surface area contributed by atoms with E-state index in [9.17, 15) is 44.6 Å². The van der Waals surface area contributed by atoms with Crippen molar-refractivity contribution in [3.05, 3.63) is 103 Å². The zero-order chi connectivity index (χ0) is 47.2. The summed E-state index contributed by atoms with van der Waals surface area (Å²) in [6.45, 7) is 4.87. The molecular weight excluding hydrogens is 1130 g/mol. The molecule has 0 atom stereocenters. The first-order valence-electron chi connectivity index (χ1n) is 17.1. The summed E-state index contributed by atoms with van der Waals surface area (Å²) in [5.41, 5.74) is -0.346. The summed E-state index contributed by atoms with van der Waals surface area (Å²) < 4.78 is 129. The van der Waals surface area contributed by atoms with E-state index in [-0.39, 0.29) is 232 Å². The summed E-state index contributed by atoms with van der Waals surface area (Å²) >= 11 is 6.11. The SMILES string of the molecule is O=S(=O)([O-])O.[CH2-]CS(=O)(=O)c1cc(O)c(N=Nc2[c-]cc3c(N=Nc4cc(Nc5nc(Cl)nc(Nc6cc[c-]cc6)n5)ccc4S(=O)(=O)[O-])c(NCS(=O)(=O)[O-])ccc3c2O)cc1C.[Cu].[Na+].[Na+].[Na+].[Na+].[Na+]. The summed E-state index contributed by atoms with van der Waals surface area (Å²) in [6, 6.07) is 21.5. The Hall–Kier alpha value is -0.981. The molecule has 0 bridgehead atoms. The zero-order valence-electron chi connectivity index (χ0n) is 37.3. The topological polar surface area (TPSA) is 391 Å². The van der Waals surface area contributed by atoms with Crippen molar-refractivity contribution in [3.8, 4) is 11.5 Å². The summed E-state index contributed by atoms with van der Waals surface area (Å²) in [5, 5.41) is 45.6. The third kappa shape index (κ3) is 21.3. The van der Waals surface area contributed by atoms with Crippen LogP contribution in [0.5, 0.6) is 11.5 Å². The van der Waals surface area contributed by atoms with Crippen LogP contribution in [-0.2, 0) is 57.5 Å². The van der Waals surface area contributed by atoms with Gasteiger partial charge in [0.15, 0.2) is 9.84 Å². The van der Waals surface area contributed by atoms with Crippen molar-refractivity contribution < 1.29 is 227 Å². The predicted molar refractivity (Wildman–Crippen MR) is 225 cm³/mol. The van der Waals surface area contributed by atoms with E-state index in [1.165, 1.54) is 37.3 Å². The fourth-order valence-electron chi connectivity index (χ4n) is 5.26. The number of nitrogens with one attached hydrogen (secondary N) is 3. The molecule has 0 aliphatic rings. The van der Waals surface area contributed by atoms with E-state index in [1.807, 2.05) is 0 Å². The van der Waals surface area contributed by atoms with Crippen LogP contribution < -0.4 is 164 Å². The number of rotatable bonds is 14. The van der Waals surface area contributed by atoms with Gasteiger partial charge in [-0.3, -0.25) is 4.55 Å². The number of nitrogens with zero attached hydrogens (tertiary/aromatic N) is 7. The monoisotopic (exact) mass is 1150 g/mol. The Morgan fingerprint density at radius 3 is 1.86 bits per heavy atom. The second kappa shape index (κ2) is 30.5. The second-order valence-electron chi connectivity index (χ2n) is 12.5. The van der Waals surface area contributed by atoms with Gasteiger partial charge >= 0.3 is 148 Å². The third-order valence-corrected chi connectivity index (χ3v) is 11.1. The van der Waals surface area contributed by atoms with E-state index in [1.54, 1.807) is 24.3 Å². The molecule has 35 heteroatoms. The van der Waals surface area contributed by atoms with Gasteiger partial charge in [0.2, 0.25) is 27.6 Å². The van der Waals surface area contributed by atoms with Gasteiger partial charge in [-0.15, -0.1) is 17.2 Å². The number of sulfone groups is 1. The number of azo groups is 2. The van der Waals surface area contributed by atoms with Gasteiger partial charge in [-0.25, -0.2) is 33.7 Å². The average molecular weight is 1150 g/mol. The van der Waals surface area contributed by atoms with Gasteiger partial charge in [0.05, 0.1) is 21.2 Å². The van der Waals surface area contributed by atoms with Gasteiger partial charge in [0.25, 0.3) is 0 Å². The maximum Gasteiger partial charge on any atom is 1.00 e. The number of phenolic OH excluding ortho intramolecular Hbond substituents is 2. The molecule has 0 aliphatic heterocycles. The molecule has 1 heterocycles. The maximum absolute atomic E-state index is 12.3. The van der Waals surface area contributed by atoms with Crippen molar-refractivity contribution in [2.45, 2.75) is 16.7 Å². The number of aromatic hydroxyl groups is 2. The van der Waals surface area contributed by atoms with E-state index < -0.39 is 74.2 Å². The number of hydrogen-bond donors (Lipinski definition) is 6. The van der Waals surface area contributed by atoms with Crippen molar-refractivity contribution in [1.82, 2.24) is 15.0 Å². The molecule has 5 aromatic carbocycles. The summed E-state index contributed by atoms with van der Waals surface area (Å²) in [4.78, 5) is 11.3. The number of aryl methyl sites for hydroxylation is 1. The average Bonchev–Trinajstić information content (AvgIpc) is 3.19. The van der Waals surface area contributed by atoms with Crippen LogP contribution in [0.3, 0.4) is 0 Å². The minimum absolute atomic E-state index is 0. The molecule has 0 aliphatic carbocycles. The van der Waals surface area contributed by atoms with Gasteiger partial charge in [-0.1, -0.05) is 28.3 Å². The second-order valence-corrected chi connectivity index (χ2v) is 18.5. The molecule has 24 nitrogen and oxygen atoms in total. The van der Waals surface area contributed by atoms with Crippen molar-refractivity contribution in [1.29, 1.82) is 0 Å². The number of fused-ring (bicyclic) bond motifs is 1. The quantitative estimate of drug-likeness (QED) is 0.0194. The molecule has 1 aromatic heterocycles. The minimum atomic E-state index is -5.18. The minimum Gasteiger partial charge on any atom is -0.747 e. The van der Waals surface area contributed by atoms with E-state index >= 15 is 0 Å². The molecule has 6 N–H and O–H groups in total. The van der Waals surface area contributed by atoms with Crippen LogP contribution in [0.4, 0.5) is 51.7 Å². The fourth-order valence-corrected chi connectivity index (χ4v) is 7.40. The molecule has 0 saturated carbocycles. The molecule has 0 fully saturated rings. The number of halogens is 1. The number of aromatic nitrogens is 3. The van der Waals surface area contributed by atoms with Crippen molar-refractivity contribution in [3.63, 3.8) is 0 Å². The van der Waals surface area contributed by atoms with Gasteiger partial charge in [-0.2, -0.15) is 60.6 Å². The standard InChI is InChI=1S/C35H28ClN10O10S3.Cu.5Na.H2O4S/c1-3-57(49,50)30-17-28(47)26(15-19(30)2)44-43-25-13-10-22-23(32(25)48)11-12-24(37-18-58(51,52)53)31(22)46-45-27-16-21(9-14-29(27)59(54,55)56)39-35-41-33(36)40-34(42-35)38-20-7-5-4-6-8-20;;;;;;;1-5(2,3)4/h5-12,14-17,37,47-48H,1,3,18H2,2H3,(H,51,52,53)(H,54,55,56)(H2,38,39,40,41,42);;;;;;;(H2,1,2,3,4)/q-3;;5*+1;/p-3. The Kier molecular flexibility index (Phi) is 31.0. The normalized spacial score (nSPS) is 11.2. The van der Waals surface area contributed by atoms with Crippen LogP contribution in [0.15, 0.2) is 103 Å². The first-order valence-corrected chi connectivity index (χ1v) is 23.5. The first kappa shape index (κ1) is 71.1. The molecule has 0 unspecified atom stereocenters. The summed E-state index contributed by atoms with van der Waals surface area (Å²) in [6.07, 6.45) is 0. The van der Waals surface area contributed by atoms with E-state index in [2.05, 4.69) is 70.4 Å². The van der Waals surface area contributed by atoms with Crippen LogP contribution in [0.1, 0.15) is 5.56 Å². The molecule has 6 aromatic rings. The Morgan fingerprint density at radius 1 is 0.729 bits per heavy atom. The van der Waals surface area contributed by atoms with Crippen molar-refractivity contribution in [2.24, 2.45) is 20.5 Å². The largest absolute Gasteiger partial charge is 1.00 e. The molecule has 1 radical (unpaired) electrons. The molecule has 0 spiro atoms. The molecule has 70 heavy (non-hydrogen) atoms. The Morgan fingerprint density at radius 2 is 1.30 bits per heavy atom. The zero-order valence-corrected chi connectivity index (χ0v) is 52.3. The summed E-state index contributed by atoms with van der Waals surface area (Å²) in [5.74, 6) is -2.70. The Balaban J connectivity index is 0. The van der Waals surface area contributed by atoms with Crippen LogP contribution in [0.25, 0.3) is 10.8 Å². The number of anilines is 5. The Bertz CT molecular complexity index is 3300. The van der Waals surface area contributed by atoms with Crippen LogP contribution in [0.2, 0.25) is 5.28 Å². The van der Waals surface area contributed by atoms with Crippen molar-refractivity contribution in [2.75, 3.05) is 27.6 Å². The van der Waals surface area contributed by atoms with Gasteiger partial charge in [0.1, 0.15) is 43.2 Å². The maximum atomic E-state index is 12.3. The predicted octanol–water partition coefficient (Wildman–Crippen LogP) is -9.24. The molecule has 0 amide bonds. The Labute approximate surface area is 527 Å². The first-order chi connectivity index (χ1) is 29.8. The van der Waals surface area contributed by atoms with Gasteiger partial charge in [0, 0.05) is 40.3 Å². The van der Waals surface area contributed by atoms with E-state index in [4.69, 9.17) is 29.1 Å². The van der Waals surface area contributed by atoms with Crippen LogP contribution >= 0.6 is 11.6 Å². The van der Waals surface area contributed by atoms with Gasteiger partial charge in [-0.05, 0) is 54.4 Å². The molecule has 349 valence electrons. The smallest absolute Gasteiger partial charge is 0.747 e. The van der Waals surface area contributed by atoms with Crippen LogP contribution in [0, 0.1) is 26.0 Å². The fraction of sp³-hybridized carbons (Fsp3) is 0.0857. The van der Waals surface area contributed by atoms with E-state index in [0.29, 0.717) is 5.69 Å². The number of phenols is 2. The van der Waals surface area contributed by atoms with E-state index in [0.717, 1.165) is 18.2 Å². The third-order valence-electron chi connectivity index (χ3n) is 7.95. The van der Waals surface area contributed by atoms with Crippen LogP contribution in [-0.4, -0.2) is 88.7 Å². The molecule has 6 rings (SSSR count). The number of benzene rings is 5.